The van der Waals surface area contributed by atoms with Crippen molar-refractivity contribution in [2.45, 2.75) is 31.9 Å². The van der Waals surface area contributed by atoms with E-state index in [1.165, 1.54) is 12.1 Å². The summed E-state index contributed by atoms with van der Waals surface area (Å²) in [6, 6.07) is 6.32. The Morgan fingerprint density at radius 3 is 3.00 bits per heavy atom. The van der Waals surface area contributed by atoms with E-state index < -0.39 is 6.61 Å². The second kappa shape index (κ2) is 6.17. The first kappa shape index (κ1) is 13.9. The zero-order valence-electron chi connectivity index (χ0n) is 11.3. The van der Waals surface area contributed by atoms with E-state index in [1.807, 2.05) is 0 Å². The Morgan fingerprint density at radius 2 is 2.24 bits per heavy atom. The van der Waals surface area contributed by atoms with Crippen LogP contribution in [-0.4, -0.2) is 23.3 Å². The van der Waals surface area contributed by atoms with Crippen molar-refractivity contribution in [3.05, 3.63) is 30.1 Å². The molecule has 1 aliphatic rings. The third kappa shape index (κ3) is 3.36. The lowest BCUT2D eigenvalue weighted by Crippen LogP contribution is -2.27. The van der Waals surface area contributed by atoms with Crippen LogP contribution in [0.2, 0.25) is 0 Å². The molecule has 2 aromatic rings. The molecule has 1 unspecified atom stereocenters. The standard InChI is InChI=1S/C14H15F2N3O2/c15-14(16)20-10-5-3-4-9(8-10)13-18-12(19-21-13)11-6-1-2-7-17-11/h3-5,8,11,14,17H,1-2,6-7H2. The molecule has 3 rings (SSSR count). The molecule has 1 aliphatic heterocycles. The number of benzene rings is 1. The molecule has 0 amide bonds. The molecular formula is C14H15F2N3O2. The van der Waals surface area contributed by atoms with Gasteiger partial charge in [0.05, 0.1) is 6.04 Å². The van der Waals surface area contributed by atoms with Gasteiger partial charge in [0.25, 0.3) is 5.89 Å². The monoisotopic (exact) mass is 295 g/mol. The summed E-state index contributed by atoms with van der Waals surface area (Å²) in [6.45, 7) is -1.92. The minimum absolute atomic E-state index is 0.0676. The number of halogens is 2. The molecule has 1 aromatic carbocycles. The van der Waals surface area contributed by atoms with Crippen LogP contribution in [0.5, 0.6) is 5.75 Å². The first-order valence-corrected chi connectivity index (χ1v) is 6.84. The Bertz CT molecular complexity index is 597. The van der Waals surface area contributed by atoms with Crippen LogP contribution in [0.3, 0.4) is 0 Å². The maximum Gasteiger partial charge on any atom is 0.387 e. The van der Waals surface area contributed by atoms with Crippen molar-refractivity contribution in [1.29, 1.82) is 0 Å². The molecule has 0 aliphatic carbocycles. The molecule has 112 valence electrons. The van der Waals surface area contributed by atoms with Crippen LogP contribution in [0, 0.1) is 0 Å². The molecule has 1 aromatic heterocycles. The molecule has 1 fully saturated rings. The van der Waals surface area contributed by atoms with Gasteiger partial charge in [-0.3, -0.25) is 0 Å². The van der Waals surface area contributed by atoms with Gasteiger partial charge in [-0.2, -0.15) is 13.8 Å². The first-order valence-electron chi connectivity index (χ1n) is 6.84. The van der Waals surface area contributed by atoms with Gasteiger partial charge in [0.15, 0.2) is 5.82 Å². The van der Waals surface area contributed by atoms with Crippen molar-refractivity contribution in [1.82, 2.24) is 15.5 Å². The summed E-state index contributed by atoms with van der Waals surface area (Å²) in [5.74, 6) is 0.972. The predicted molar refractivity (Wildman–Crippen MR) is 71.0 cm³/mol. The fourth-order valence-electron chi connectivity index (χ4n) is 2.37. The number of piperidine rings is 1. The van der Waals surface area contributed by atoms with Gasteiger partial charge < -0.3 is 14.6 Å². The Balaban J connectivity index is 1.79. The maximum absolute atomic E-state index is 12.2. The van der Waals surface area contributed by atoms with E-state index in [4.69, 9.17) is 4.52 Å². The van der Waals surface area contributed by atoms with E-state index in [0.29, 0.717) is 17.3 Å². The van der Waals surface area contributed by atoms with Crippen molar-refractivity contribution in [3.8, 4) is 17.2 Å². The lowest BCUT2D eigenvalue weighted by atomic mass is 10.0. The van der Waals surface area contributed by atoms with E-state index in [9.17, 15) is 8.78 Å². The fourth-order valence-corrected chi connectivity index (χ4v) is 2.37. The smallest absolute Gasteiger partial charge is 0.387 e. The van der Waals surface area contributed by atoms with E-state index in [2.05, 4.69) is 20.2 Å². The van der Waals surface area contributed by atoms with Crippen molar-refractivity contribution >= 4 is 0 Å². The highest BCUT2D eigenvalue weighted by Crippen LogP contribution is 2.26. The van der Waals surface area contributed by atoms with Crippen LogP contribution in [0.1, 0.15) is 31.1 Å². The molecular weight excluding hydrogens is 280 g/mol. The van der Waals surface area contributed by atoms with Crippen molar-refractivity contribution in [2.24, 2.45) is 0 Å². The predicted octanol–water partition coefficient (Wildman–Crippen LogP) is 3.15. The highest BCUT2D eigenvalue weighted by molar-refractivity contribution is 5.55. The molecule has 0 spiro atoms. The average Bonchev–Trinajstić information content (AvgIpc) is 2.98. The number of alkyl halides is 2. The quantitative estimate of drug-likeness (QED) is 0.939. The molecule has 2 heterocycles. The molecule has 7 heteroatoms. The normalized spacial score (nSPS) is 18.9. The van der Waals surface area contributed by atoms with Crippen LogP contribution in [0.15, 0.2) is 28.8 Å². The van der Waals surface area contributed by atoms with Crippen molar-refractivity contribution < 1.29 is 18.0 Å². The van der Waals surface area contributed by atoms with Gasteiger partial charge in [-0.05, 0) is 37.6 Å². The number of hydrogen-bond acceptors (Lipinski definition) is 5. The molecule has 0 bridgehead atoms. The molecule has 21 heavy (non-hydrogen) atoms. The van der Waals surface area contributed by atoms with Crippen LogP contribution in [-0.2, 0) is 0 Å². The number of rotatable bonds is 4. The van der Waals surface area contributed by atoms with Crippen LogP contribution >= 0.6 is 0 Å². The number of nitrogens with one attached hydrogen (secondary N) is 1. The summed E-state index contributed by atoms with van der Waals surface area (Å²) in [6.07, 6.45) is 3.24. The molecule has 0 radical (unpaired) electrons. The van der Waals surface area contributed by atoms with Gasteiger partial charge in [-0.15, -0.1) is 0 Å². The van der Waals surface area contributed by atoms with E-state index in [1.54, 1.807) is 12.1 Å². The SMILES string of the molecule is FC(F)Oc1cccc(-c2nc(C3CCCCN3)no2)c1. The average molecular weight is 295 g/mol. The highest BCUT2D eigenvalue weighted by Gasteiger charge is 2.21. The van der Waals surface area contributed by atoms with Crippen LogP contribution in [0.25, 0.3) is 11.5 Å². The molecule has 1 saturated heterocycles. The zero-order valence-corrected chi connectivity index (χ0v) is 11.3. The zero-order chi connectivity index (χ0) is 14.7. The Morgan fingerprint density at radius 1 is 1.33 bits per heavy atom. The fraction of sp³-hybridized carbons (Fsp3) is 0.429. The lowest BCUT2D eigenvalue weighted by Gasteiger charge is -2.19. The summed E-state index contributed by atoms with van der Waals surface area (Å²) in [5.41, 5.74) is 0.558. The van der Waals surface area contributed by atoms with Gasteiger partial charge in [0.2, 0.25) is 0 Å². The van der Waals surface area contributed by atoms with E-state index in [0.717, 1.165) is 25.8 Å². The Hall–Kier alpha value is -2.02. The molecule has 0 saturated carbocycles. The second-order valence-corrected chi connectivity index (χ2v) is 4.87. The molecule has 1 N–H and O–H groups in total. The van der Waals surface area contributed by atoms with Gasteiger partial charge in [0.1, 0.15) is 5.75 Å². The summed E-state index contributed by atoms with van der Waals surface area (Å²) in [4.78, 5) is 4.34. The Kier molecular flexibility index (Phi) is 4.10. The lowest BCUT2D eigenvalue weighted by molar-refractivity contribution is -0.0498. The van der Waals surface area contributed by atoms with Gasteiger partial charge >= 0.3 is 6.61 Å². The summed E-state index contributed by atoms with van der Waals surface area (Å²) < 4.78 is 34.0. The summed E-state index contributed by atoms with van der Waals surface area (Å²) in [5, 5.41) is 7.30. The molecule has 5 nitrogen and oxygen atoms in total. The third-order valence-electron chi connectivity index (χ3n) is 3.37. The first-order chi connectivity index (χ1) is 10.2. The van der Waals surface area contributed by atoms with Gasteiger partial charge in [-0.25, -0.2) is 0 Å². The van der Waals surface area contributed by atoms with E-state index >= 15 is 0 Å². The number of nitrogens with zero attached hydrogens (tertiary/aromatic N) is 2. The molecule has 1 atom stereocenters. The number of aromatic nitrogens is 2. The van der Waals surface area contributed by atoms with Gasteiger partial charge in [0, 0.05) is 5.56 Å². The highest BCUT2D eigenvalue weighted by atomic mass is 19.3. The van der Waals surface area contributed by atoms with Crippen LogP contribution in [0.4, 0.5) is 8.78 Å². The topological polar surface area (TPSA) is 60.2 Å². The maximum atomic E-state index is 12.2. The minimum atomic E-state index is -2.86. The van der Waals surface area contributed by atoms with Crippen molar-refractivity contribution in [3.63, 3.8) is 0 Å². The summed E-state index contributed by atoms with van der Waals surface area (Å²) >= 11 is 0. The van der Waals surface area contributed by atoms with Gasteiger partial charge in [-0.1, -0.05) is 17.6 Å². The van der Waals surface area contributed by atoms with Crippen LogP contribution < -0.4 is 10.1 Å². The minimum Gasteiger partial charge on any atom is -0.435 e. The largest absolute Gasteiger partial charge is 0.435 e. The van der Waals surface area contributed by atoms with Crippen molar-refractivity contribution in [2.75, 3.05) is 6.54 Å². The second-order valence-electron chi connectivity index (χ2n) is 4.87. The summed E-state index contributed by atoms with van der Waals surface area (Å²) in [7, 11) is 0. The number of hydrogen-bond donors (Lipinski definition) is 1. The number of ether oxygens (including phenoxy) is 1. The third-order valence-corrected chi connectivity index (χ3v) is 3.37. The Labute approximate surface area is 120 Å². The van der Waals surface area contributed by atoms with E-state index in [-0.39, 0.29) is 11.8 Å².